The predicted molar refractivity (Wildman–Crippen MR) is 71.2 cm³/mol. The molecule has 1 aromatic carbocycles. The number of amides is 3. The Bertz CT molecular complexity index is 506. The monoisotopic (exact) mass is 282 g/mol. The van der Waals surface area contributed by atoms with Crippen LogP contribution in [-0.2, 0) is 4.79 Å². The van der Waals surface area contributed by atoms with Crippen LogP contribution in [0.5, 0.6) is 5.75 Å². The average molecular weight is 283 g/mol. The molecule has 1 saturated heterocycles. The lowest BCUT2D eigenvalue weighted by molar-refractivity contribution is -0.127. The molecule has 6 heteroatoms. The number of carbonyl (C=O) groups is 2. The maximum atomic E-state index is 11.7. The topological polar surface area (TPSA) is 58.6 Å². The van der Waals surface area contributed by atoms with Crippen molar-refractivity contribution in [2.24, 2.45) is 0 Å². The Morgan fingerprint density at radius 2 is 2.21 bits per heavy atom. The molecule has 0 saturated carbocycles. The van der Waals surface area contributed by atoms with E-state index >= 15 is 0 Å². The van der Waals surface area contributed by atoms with Crippen molar-refractivity contribution in [2.45, 2.75) is 26.0 Å². The maximum Gasteiger partial charge on any atom is 0.324 e. The summed E-state index contributed by atoms with van der Waals surface area (Å²) in [5.41, 5.74) is 0. The first-order valence-corrected chi connectivity index (χ1v) is 6.39. The molecule has 0 aliphatic carbocycles. The number of nitrogens with zero attached hydrogens (tertiary/aromatic N) is 1. The molecule has 1 N–H and O–H groups in total. The first-order chi connectivity index (χ1) is 8.97. The van der Waals surface area contributed by atoms with E-state index in [1.807, 2.05) is 0 Å². The fourth-order valence-electron chi connectivity index (χ4n) is 1.90. The molecule has 19 heavy (non-hydrogen) atoms. The van der Waals surface area contributed by atoms with Crippen LogP contribution in [0.1, 0.15) is 13.8 Å². The Hall–Kier alpha value is -1.75. The lowest BCUT2D eigenvalue weighted by Crippen LogP contribution is -2.38. The van der Waals surface area contributed by atoms with Crippen LogP contribution >= 0.6 is 11.6 Å². The summed E-state index contributed by atoms with van der Waals surface area (Å²) in [6.45, 7) is 3.66. The molecule has 0 bridgehead atoms. The van der Waals surface area contributed by atoms with Gasteiger partial charge < -0.3 is 10.1 Å². The third-order valence-electron chi connectivity index (χ3n) is 2.79. The molecule has 1 aliphatic heterocycles. The van der Waals surface area contributed by atoms with Gasteiger partial charge in [-0.2, -0.15) is 0 Å². The maximum absolute atomic E-state index is 11.7. The molecule has 5 nitrogen and oxygen atoms in total. The molecule has 102 valence electrons. The second-order valence-corrected chi connectivity index (χ2v) is 4.94. The molecule has 0 radical (unpaired) electrons. The number of ether oxygens (including phenoxy) is 1. The van der Waals surface area contributed by atoms with Gasteiger partial charge in [0.15, 0.2) is 0 Å². The third-order valence-corrected chi connectivity index (χ3v) is 3.03. The van der Waals surface area contributed by atoms with Gasteiger partial charge >= 0.3 is 6.03 Å². The minimum Gasteiger partial charge on any atom is -0.489 e. The van der Waals surface area contributed by atoms with Crippen LogP contribution in [-0.4, -0.2) is 35.5 Å². The Morgan fingerprint density at radius 1 is 1.47 bits per heavy atom. The molecule has 1 fully saturated rings. The number of hydrogen-bond donors (Lipinski definition) is 1. The van der Waals surface area contributed by atoms with Gasteiger partial charge in [0.2, 0.25) is 0 Å². The minimum atomic E-state index is -0.467. The summed E-state index contributed by atoms with van der Waals surface area (Å²) in [5, 5.41) is 3.13. The van der Waals surface area contributed by atoms with E-state index in [-0.39, 0.29) is 24.6 Å². The van der Waals surface area contributed by atoms with E-state index in [1.165, 1.54) is 4.90 Å². The number of benzene rings is 1. The zero-order chi connectivity index (χ0) is 14.0. The first-order valence-electron chi connectivity index (χ1n) is 6.01. The highest BCUT2D eigenvalue weighted by Crippen LogP contribution is 2.19. The van der Waals surface area contributed by atoms with E-state index in [9.17, 15) is 9.59 Å². The van der Waals surface area contributed by atoms with Crippen LogP contribution < -0.4 is 10.1 Å². The number of rotatable bonds is 4. The van der Waals surface area contributed by atoms with E-state index in [0.29, 0.717) is 10.8 Å². The Morgan fingerprint density at radius 3 is 2.79 bits per heavy atom. The number of hydrogen-bond acceptors (Lipinski definition) is 3. The summed E-state index contributed by atoms with van der Waals surface area (Å²) in [7, 11) is 0. The van der Waals surface area contributed by atoms with Gasteiger partial charge in [-0.15, -0.1) is 0 Å². The smallest absolute Gasteiger partial charge is 0.324 e. The minimum absolute atomic E-state index is 0.210. The number of urea groups is 1. The second-order valence-electron chi connectivity index (χ2n) is 4.51. The first kappa shape index (κ1) is 13.7. The average Bonchev–Trinajstić information content (AvgIpc) is 2.56. The van der Waals surface area contributed by atoms with Crippen LogP contribution in [0.4, 0.5) is 4.79 Å². The van der Waals surface area contributed by atoms with E-state index in [2.05, 4.69) is 5.32 Å². The molecule has 0 unspecified atom stereocenters. The molecule has 2 atom stereocenters. The van der Waals surface area contributed by atoms with E-state index in [1.54, 1.807) is 38.1 Å². The van der Waals surface area contributed by atoms with Gasteiger partial charge in [0, 0.05) is 5.02 Å². The van der Waals surface area contributed by atoms with Crippen molar-refractivity contribution in [3.05, 3.63) is 29.3 Å². The van der Waals surface area contributed by atoms with Crippen LogP contribution in [0.25, 0.3) is 0 Å². The highest BCUT2D eigenvalue weighted by atomic mass is 35.5. The highest BCUT2D eigenvalue weighted by molar-refractivity contribution is 6.30. The number of nitrogens with one attached hydrogen (secondary N) is 1. The molecule has 3 amide bonds. The van der Waals surface area contributed by atoms with Crippen molar-refractivity contribution < 1.29 is 14.3 Å². The van der Waals surface area contributed by atoms with Crippen LogP contribution in [0, 0.1) is 0 Å². The van der Waals surface area contributed by atoms with Crippen LogP contribution in [0.2, 0.25) is 5.02 Å². The van der Waals surface area contributed by atoms with Crippen molar-refractivity contribution in [1.82, 2.24) is 10.2 Å². The molecular weight excluding hydrogens is 268 g/mol. The molecule has 1 heterocycles. The van der Waals surface area contributed by atoms with Gasteiger partial charge in [-0.05, 0) is 32.0 Å². The van der Waals surface area contributed by atoms with Gasteiger partial charge in [-0.25, -0.2) is 4.79 Å². The number of halogens is 1. The standard InChI is InChI=1S/C13H15ClN2O3/c1-8(19-11-5-3-4-10(14)6-11)7-16-12(17)9(2)15-13(16)18/h3-6,8-9H,7H2,1-2H3,(H,15,18)/t8-,9-/m1/s1. The van der Waals surface area contributed by atoms with E-state index in [4.69, 9.17) is 16.3 Å². The van der Waals surface area contributed by atoms with Crippen molar-refractivity contribution in [3.63, 3.8) is 0 Å². The third kappa shape index (κ3) is 3.17. The van der Waals surface area contributed by atoms with Gasteiger partial charge in [-0.1, -0.05) is 17.7 Å². The highest BCUT2D eigenvalue weighted by Gasteiger charge is 2.35. The Balaban J connectivity index is 1.96. The van der Waals surface area contributed by atoms with Crippen LogP contribution in [0.3, 0.4) is 0 Å². The normalized spacial score (nSPS) is 20.4. The molecule has 0 aromatic heterocycles. The predicted octanol–water partition coefficient (Wildman–Crippen LogP) is 2.05. The van der Waals surface area contributed by atoms with Gasteiger partial charge in [0.25, 0.3) is 5.91 Å². The SMILES string of the molecule is C[C@H](CN1C(=O)N[C@H](C)C1=O)Oc1cccc(Cl)c1. The number of imide groups is 1. The fraction of sp³-hybridized carbons (Fsp3) is 0.385. The largest absolute Gasteiger partial charge is 0.489 e. The molecule has 1 aromatic rings. The zero-order valence-corrected chi connectivity index (χ0v) is 11.5. The fourth-order valence-corrected chi connectivity index (χ4v) is 2.08. The quantitative estimate of drug-likeness (QED) is 0.860. The molecule has 0 spiro atoms. The summed E-state index contributed by atoms with van der Waals surface area (Å²) in [6.07, 6.45) is -0.307. The summed E-state index contributed by atoms with van der Waals surface area (Å²) < 4.78 is 5.63. The number of carbonyl (C=O) groups excluding carboxylic acids is 2. The lowest BCUT2D eigenvalue weighted by Gasteiger charge is -2.19. The summed E-state index contributed by atoms with van der Waals surface area (Å²) in [5.74, 6) is 0.381. The zero-order valence-electron chi connectivity index (χ0n) is 10.7. The van der Waals surface area contributed by atoms with Gasteiger partial charge in [-0.3, -0.25) is 9.69 Å². The summed E-state index contributed by atoms with van der Waals surface area (Å²) in [6, 6.07) is 6.15. The van der Waals surface area contributed by atoms with Crippen molar-refractivity contribution >= 4 is 23.5 Å². The molecule has 2 rings (SSSR count). The molecule has 1 aliphatic rings. The van der Waals surface area contributed by atoms with Crippen molar-refractivity contribution in [2.75, 3.05) is 6.54 Å². The summed E-state index contributed by atoms with van der Waals surface area (Å²) in [4.78, 5) is 24.4. The lowest BCUT2D eigenvalue weighted by atomic mass is 10.3. The van der Waals surface area contributed by atoms with Crippen LogP contribution in [0.15, 0.2) is 24.3 Å². The molecular formula is C13H15ClN2O3. The summed E-state index contributed by atoms with van der Waals surface area (Å²) >= 11 is 5.86. The second kappa shape index (κ2) is 5.48. The van der Waals surface area contributed by atoms with Crippen molar-refractivity contribution in [1.29, 1.82) is 0 Å². The van der Waals surface area contributed by atoms with E-state index < -0.39 is 6.04 Å². The Labute approximate surface area is 116 Å². The van der Waals surface area contributed by atoms with Gasteiger partial charge in [0.05, 0.1) is 6.54 Å². The Kier molecular flexibility index (Phi) is 3.95. The van der Waals surface area contributed by atoms with E-state index in [0.717, 1.165) is 0 Å². The van der Waals surface area contributed by atoms with Gasteiger partial charge in [0.1, 0.15) is 17.9 Å². The van der Waals surface area contributed by atoms with Crippen molar-refractivity contribution in [3.8, 4) is 5.75 Å².